The van der Waals surface area contributed by atoms with Gasteiger partial charge in [0.25, 0.3) is 0 Å². The van der Waals surface area contributed by atoms with Crippen LogP contribution in [0.4, 0.5) is 0 Å². The fourth-order valence-electron chi connectivity index (χ4n) is 1.71. The van der Waals surface area contributed by atoms with Crippen molar-refractivity contribution in [3.05, 3.63) is 0 Å². The zero-order valence-corrected chi connectivity index (χ0v) is 8.25. The molecule has 1 aliphatic carbocycles. The lowest BCUT2D eigenvalue weighted by Gasteiger charge is -2.01. The molecule has 0 amide bonds. The third kappa shape index (κ3) is 4.27. The van der Waals surface area contributed by atoms with E-state index >= 15 is 0 Å². The first-order valence-corrected chi connectivity index (χ1v) is 5.19. The van der Waals surface area contributed by atoms with E-state index in [9.17, 15) is 4.79 Å². The van der Waals surface area contributed by atoms with Crippen molar-refractivity contribution in [1.82, 2.24) is 5.32 Å². The molecular weight excluding hydrogens is 166 g/mol. The predicted octanol–water partition coefficient (Wildman–Crippen LogP) is 1.63. The molecule has 0 saturated heterocycles. The minimum Gasteiger partial charge on any atom is -0.481 e. The molecular formula is C10H19NO2. The van der Waals surface area contributed by atoms with E-state index in [-0.39, 0.29) is 6.42 Å². The smallest absolute Gasteiger partial charge is 0.303 e. The molecule has 1 aliphatic rings. The molecule has 3 heteroatoms. The Morgan fingerprint density at radius 2 is 2.38 bits per heavy atom. The minimum atomic E-state index is -0.692. The Kier molecular flexibility index (Phi) is 4.22. The van der Waals surface area contributed by atoms with Gasteiger partial charge in [-0.2, -0.15) is 0 Å². The summed E-state index contributed by atoms with van der Waals surface area (Å²) < 4.78 is 0. The third-order valence-corrected chi connectivity index (χ3v) is 2.56. The summed E-state index contributed by atoms with van der Waals surface area (Å²) in [5, 5.41) is 11.8. The lowest BCUT2D eigenvalue weighted by atomic mass is 10.2. The zero-order valence-electron chi connectivity index (χ0n) is 8.25. The monoisotopic (exact) mass is 185 g/mol. The topological polar surface area (TPSA) is 49.3 Å². The van der Waals surface area contributed by atoms with E-state index < -0.39 is 5.97 Å². The summed E-state index contributed by atoms with van der Waals surface area (Å²) in [4.78, 5) is 10.2. The second kappa shape index (κ2) is 5.22. The lowest BCUT2D eigenvalue weighted by molar-refractivity contribution is -0.137. The highest BCUT2D eigenvalue weighted by molar-refractivity contribution is 5.66. The maximum absolute atomic E-state index is 10.2. The minimum absolute atomic E-state index is 0.290. The normalized spacial score (nSPS) is 25.9. The van der Waals surface area contributed by atoms with Crippen LogP contribution in [0.2, 0.25) is 0 Å². The number of carbonyl (C=O) groups is 1. The van der Waals surface area contributed by atoms with E-state index in [4.69, 9.17) is 5.11 Å². The highest BCUT2D eigenvalue weighted by Gasteiger charge is 2.34. The quantitative estimate of drug-likeness (QED) is 0.593. The Morgan fingerprint density at radius 1 is 1.62 bits per heavy atom. The van der Waals surface area contributed by atoms with Crippen molar-refractivity contribution >= 4 is 5.97 Å². The Hall–Kier alpha value is -0.570. The van der Waals surface area contributed by atoms with Crippen molar-refractivity contribution in [3.8, 4) is 0 Å². The van der Waals surface area contributed by atoms with Gasteiger partial charge in [0.1, 0.15) is 0 Å². The number of carboxylic acids is 1. The SMILES string of the molecule is CCCC1CC1NCCCC(=O)O. The number of aliphatic carboxylic acids is 1. The van der Waals surface area contributed by atoms with E-state index in [0.717, 1.165) is 18.9 Å². The van der Waals surface area contributed by atoms with Crippen LogP contribution in [0.15, 0.2) is 0 Å². The van der Waals surface area contributed by atoms with Gasteiger partial charge >= 0.3 is 5.97 Å². The van der Waals surface area contributed by atoms with Crippen molar-refractivity contribution in [2.24, 2.45) is 5.92 Å². The first-order valence-electron chi connectivity index (χ1n) is 5.19. The van der Waals surface area contributed by atoms with Crippen LogP contribution in [0, 0.1) is 5.92 Å². The molecule has 2 unspecified atom stereocenters. The number of carboxylic acid groups (broad SMARTS) is 1. The van der Waals surface area contributed by atoms with Crippen LogP contribution >= 0.6 is 0 Å². The number of hydrogen-bond acceptors (Lipinski definition) is 2. The molecule has 3 nitrogen and oxygen atoms in total. The molecule has 2 atom stereocenters. The van der Waals surface area contributed by atoms with Crippen LogP contribution in [0.3, 0.4) is 0 Å². The summed E-state index contributed by atoms with van der Waals surface area (Å²) in [6.45, 7) is 3.07. The number of nitrogens with one attached hydrogen (secondary N) is 1. The standard InChI is InChI=1S/C10H19NO2/c1-2-4-8-7-9(8)11-6-3-5-10(12)13/h8-9,11H,2-7H2,1H3,(H,12,13). The molecule has 0 aromatic heterocycles. The van der Waals surface area contributed by atoms with Gasteiger partial charge in [-0.15, -0.1) is 0 Å². The van der Waals surface area contributed by atoms with Crippen molar-refractivity contribution in [1.29, 1.82) is 0 Å². The summed E-state index contributed by atoms with van der Waals surface area (Å²) in [7, 11) is 0. The second-order valence-corrected chi connectivity index (χ2v) is 3.84. The Balaban J connectivity index is 1.88. The molecule has 0 radical (unpaired) electrons. The van der Waals surface area contributed by atoms with Crippen molar-refractivity contribution in [2.75, 3.05) is 6.54 Å². The molecule has 0 aromatic carbocycles. The molecule has 13 heavy (non-hydrogen) atoms. The number of hydrogen-bond donors (Lipinski definition) is 2. The fourth-order valence-corrected chi connectivity index (χ4v) is 1.71. The lowest BCUT2D eigenvalue weighted by Crippen LogP contribution is -2.20. The second-order valence-electron chi connectivity index (χ2n) is 3.84. The highest BCUT2D eigenvalue weighted by atomic mass is 16.4. The third-order valence-electron chi connectivity index (χ3n) is 2.56. The Labute approximate surface area is 79.5 Å². The van der Waals surface area contributed by atoms with E-state index in [1.807, 2.05) is 0 Å². The molecule has 76 valence electrons. The van der Waals surface area contributed by atoms with E-state index in [2.05, 4.69) is 12.2 Å². The average molecular weight is 185 g/mol. The Morgan fingerprint density at radius 3 is 3.00 bits per heavy atom. The Bertz CT molecular complexity index is 170. The molecule has 0 spiro atoms. The molecule has 1 fully saturated rings. The van der Waals surface area contributed by atoms with Gasteiger partial charge in [0.2, 0.25) is 0 Å². The first kappa shape index (κ1) is 10.5. The van der Waals surface area contributed by atoms with Gasteiger partial charge in [-0.3, -0.25) is 4.79 Å². The number of rotatable bonds is 7. The molecule has 0 aromatic rings. The van der Waals surface area contributed by atoms with Crippen LogP contribution in [-0.4, -0.2) is 23.7 Å². The fraction of sp³-hybridized carbons (Fsp3) is 0.900. The van der Waals surface area contributed by atoms with Crippen LogP contribution in [0.5, 0.6) is 0 Å². The predicted molar refractivity (Wildman–Crippen MR) is 51.7 cm³/mol. The zero-order chi connectivity index (χ0) is 9.68. The summed E-state index contributed by atoms with van der Waals surface area (Å²) >= 11 is 0. The largest absolute Gasteiger partial charge is 0.481 e. The molecule has 1 saturated carbocycles. The summed E-state index contributed by atoms with van der Waals surface area (Å²) in [6, 6.07) is 0.689. The maximum Gasteiger partial charge on any atom is 0.303 e. The van der Waals surface area contributed by atoms with E-state index in [0.29, 0.717) is 6.04 Å². The molecule has 2 N–H and O–H groups in total. The summed E-state index contributed by atoms with van der Waals surface area (Å²) in [6.07, 6.45) is 4.92. The van der Waals surface area contributed by atoms with E-state index in [1.165, 1.54) is 19.3 Å². The van der Waals surface area contributed by atoms with Crippen LogP contribution in [0.1, 0.15) is 39.0 Å². The van der Waals surface area contributed by atoms with Gasteiger partial charge in [-0.25, -0.2) is 0 Å². The first-order chi connectivity index (χ1) is 6.24. The van der Waals surface area contributed by atoms with Crippen molar-refractivity contribution < 1.29 is 9.90 Å². The van der Waals surface area contributed by atoms with Crippen molar-refractivity contribution in [2.45, 2.75) is 45.1 Å². The van der Waals surface area contributed by atoms with Gasteiger partial charge in [0, 0.05) is 12.5 Å². The summed E-state index contributed by atoms with van der Waals surface area (Å²) in [5.41, 5.74) is 0. The molecule has 0 bridgehead atoms. The molecule has 1 rings (SSSR count). The molecule has 0 heterocycles. The highest BCUT2D eigenvalue weighted by Crippen LogP contribution is 2.34. The molecule has 0 aliphatic heterocycles. The van der Waals surface area contributed by atoms with Gasteiger partial charge in [0.15, 0.2) is 0 Å². The van der Waals surface area contributed by atoms with Gasteiger partial charge in [0.05, 0.1) is 0 Å². The van der Waals surface area contributed by atoms with Crippen LogP contribution < -0.4 is 5.32 Å². The van der Waals surface area contributed by atoms with Gasteiger partial charge in [-0.05, 0) is 31.7 Å². The summed E-state index contributed by atoms with van der Waals surface area (Å²) in [5.74, 6) is 0.178. The van der Waals surface area contributed by atoms with Gasteiger partial charge in [-0.1, -0.05) is 13.3 Å². The van der Waals surface area contributed by atoms with Crippen molar-refractivity contribution in [3.63, 3.8) is 0 Å². The van der Waals surface area contributed by atoms with Crippen LogP contribution in [-0.2, 0) is 4.79 Å². The van der Waals surface area contributed by atoms with Gasteiger partial charge < -0.3 is 10.4 Å². The maximum atomic E-state index is 10.2. The average Bonchev–Trinajstić information content (AvgIpc) is 2.78. The van der Waals surface area contributed by atoms with E-state index in [1.54, 1.807) is 0 Å². The van der Waals surface area contributed by atoms with Crippen LogP contribution in [0.25, 0.3) is 0 Å².